The van der Waals surface area contributed by atoms with E-state index in [-0.39, 0.29) is 16.5 Å². The van der Waals surface area contributed by atoms with Crippen molar-refractivity contribution in [2.45, 2.75) is 26.7 Å². The van der Waals surface area contributed by atoms with Gasteiger partial charge in [-0.15, -0.1) is 0 Å². The van der Waals surface area contributed by atoms with Crippen molar-refractivity contribution in [3.8, 4) is 0 Å². The highest BCUT2D eigenvalue weighted by Crippen LogP contribution is 2.17. The number of benzene rings is 1. The van der Waals surface area contributed by atoms with E-state index >= 15 is 0 Å². The molecule has 1 N–H and O–H groups in total. The average molecular weight is 293 g/mol. The molecule has 6 nitrogen and oxygen atoms in total. The summed E-state index contributed by atoms with van der Waals surface area (Å²) in [6.45, 7) is 6.59. The monoisotopic (exact) mass is 293 g/mol. The van der Waals surface area contributed by atoms with E-state index in [1.807, 2.05) is 13.8 Å². The van der Waals surface area contributed by atoms with E-state index in [9.17, 15) is 14.9 Å². The van der Waals surface area contributed by atoms with Gasteiger partial charge in [0.15, 0.2) is 0 Å². The van der Waals surface area contributed by atoms with Crippen LogP contribution in [-0.4, -0.2) is 41.9 Å². The Balaban J connectivity index is 2.32. The Hall–Kier alpha value is -1.95. The van der Waals surface area contributed by atoms with Gasteiger partial charge in [-0.05, 0) is 26.8 Å². The largest absolute Gasteiger partial charge is 0.343 e. The van der Waals surface area contributed by atoms with Crippen molar-refractivity contribution in [2.75, 3.05) is 26.2 Å². The van der Waals surface area contributed by atoms with Gasteiger partial charge in [-0.2, -0.15) is 0 Å². The highest BCUT2D eigenvalue weighted by Gasteiger charge is 2.12. The molecule has 1 aromatic carbocycles. The third-order valence-corrected chi connectivity index (χ3v) is 3.39. The summed E-state index contributed by atoms with van der Waals surface area (Å²) >= 11 is 0. The molecule has 0 fully saturated rings. The lowest BCUT2D eigenvalue weighted by Crippen LogP contribution is -2.33. The number of nitro groups is 1. The fraction of sp³-hybridized carbons (Fsp3) is 0.533. The Morgan fingerprint density at radius 2 is 1.90 bits per heavy atom. The van der Waals surface area contributed by atoms with Crippen molar-refractivity contribution in [3.05, 3.63) is 39.9 Å². The van der Waals surface area contributed by atoms with Crippen molar-refractivity contribution in [1.29, 1.82) is 0 Å². The molecule has 0 heterocycles. The van der Waals surface area contributed by atoms with Crippen LogP contribution in [0.1, 0.15) is 25.8 Å². The van der Waals surface area contributed by atoms with Crippen LogP contribution in [0.2, 0.25) is 0 Å². The van der Waals surface area contributed by atoms with Crippen molar-refractivity contribution >= 4 is 11.6 Å². The number of rotatable bonds is 9. The number of hydrogen-bond acceptors (Lipinski definition) is 4. The van der Waals surface area contributed by atoms with Crippen molar-refractivity contribution in [2.24, 2.45) is 0 Å². The molecular weight excluding hydrogens is 270 g/mol. The topological polar surface area (TPSA) is 75.5 Å². The van der Waals surface area contributed by atoms with Gasteiger partial charge in [0.25, 0.3) is 5.69 Å². The second-order valence-electron chi connectivity index (χ2n) is 4.70. The van der Waals surface area contributed by atoms with Crippen molar-refractivity contribution < 1.29 is 9.72 Å². The van der Waals surface area contributed by atoms with E-state index in [0.717, 1.165) is 13.1 Å². The second-order valence-corrected chi connectivity index (χ2v) is 4.70. The predicted molar refractivity (Wildman–Crippen MR) is 82.2 cm³/mol. The van der Waals surface area contributed by atoms with Gasteiger partial charge < -0.3 is 10.2 Å². The third kappa shape index (κ3) is 5.51. The molecule has 0 aromatic heterocycles. The molecule has 0 aliphatic rings. The van der Waals surface area contributed by atoms with Crippen LogP contribution in [0.3, 0.4) is 0 Å². The molecule has 6 heteroatoms. The van der Waals surface area contributed by atoms with Gasteiger partial charge in [0.05, 0.1) is 4.92 Å². The van der Waals surface area contributed by atoms with Crippen LogP contribution in [0.5, 0.6) is 0 Å². The molecular formula is C15H23N3O3. The molecule has 1 aromatic rings. The molecule has 0 saturated carbocycles. The van der Waals surface area contributed by atoms with Gasteiger partial charge in [0, 0.05) is 37.7 Å². The number of carbonyl (C=O) groups is 1. The van der Waals surface area contributed by atoms with Crippen LogP contribution in [-0.2, 0) is 11.2 Å². The second kappa shape index (κ2) is 9.07. The molecule has 1 amide bonds. The van der Waals surface area contributed by atoms with Gasteiger partial charge in [0.2, 0.25) is 5.91 Å². The van der Waals surface area contributed by atoms with E-state index in [2.05, 4.69) is 5.32 Å². The van der Waals surface area contributed by atoms with Crippen molar-refractivity contribution in [1.82, 2.24) is 10.2 Å². The van der Waals surface area contributed by atoms with Gasteiger partial charge in [-0.25, -0.2) is 0 Å². The Kier molecular flexibility index (Phi) is 7.39. The SMILES string of the molecule is CCN(CC)C(=O)CCNCCc1ccccc1[N+](=O)[O-]. The van der Waals surface area contributed by atoms with Crippen LogP contribution < -0.4 is 5.32 Å². The number of nitro benzene ring substituents is 1. The van der Waals surface area contributed by atoms with E-state index in [4.69, 9.17) is 0 Å². The minimum Gasteiger partial charge on any atom is -0.343 e. The highest BCUT2D eigenvalue weighted by molar-refractivity contribution is 5.76. The Bertz CT molecular complexity index is 473. The lowest BCUT2D eigenvalue weighted by atomic mass is 10.1. The summed E-state index contributed by atoms with van der Waals surface area (Å²) in [5, 5.41) is 14.0. The smallest absolute Gasteiger partial charge is 0.272 e. The maximum Gasteiger partial charge on any atom is 0.272 e. The molecule has 0 aliphatic carbocycles. The number of nitrogens with one attached hydrogen (secondary N) is 1. The minimum atomic E-state index is -0.362. The molecule has 21 heavy (non-hydrogen) atoms. The predicted octanol–water partition coefficient (Wildman–Crippen LogP) is 1.99. The first-order valence-corrected chi connectivity index (χ1v) is 7.30. The molecule has 0 radical (unpaired) electrons. The highest BCUT2D eigenvalue weighted by atomic mass is 16.6. The maximum atomic E-state index is 11.8. The molecule has 0 atom stereocenters. The Morgan fingerprint density at radius 3 is 2.52 bits per heavy atom. The van der Waals surface area contributed by atoms with Crippen LogP contribution in [0, 0.1) is 10.1 Å². The Morgan fingerprint density at radius 1 is 1.24 bits per heavy atom. The molecule has 0 spiro atoms. The summed E-state index contributed by atoms with van der Waals surface area (Å²) in [7, 11) is 0. The fourth-order valence-corrected chi connectivity index (χ4v) is 2.18. The molecule has 1 rings (SSSR count). The molecule has 116 valence electrons. The minimum absolute atomic E-state index is 0.137. The summed E-state index contributed by atoms with van der Waals surface area (Å²) in [5.74, 6) is 0.137. The van der Waals surface area contributed by atoms with Crippen LogP contribution >= 0.6 is 0 Å². The zero-order valence-electron chi connectivity index (χ0n) is 12.7. The summed E-state index contributed by atoms with van der Waals surface area (Å²) in [6.07, 6.45) is 1.04. The maximum absolute atomic E-state index is 11.8. The standard InChI is InChI=1S/C15H23N3O3/c1-3-17(4-2)15(19)10-12-16-11-9-13-7-5-6-8-14(13)18(20)21/h5-8,16H,3-4,9-12H2,1-2H3. The number of hydrogen-bond donors (Lipinski definition) is 1. The van der Waals surface area contributed by atoms with E-state index < -0.39 is 0 Å². The third-order valence-electron chi connectivity index (χ3n) is 3.39. The Labute approximate surface area is 125 Å². The van der Waals surface area contributed by atoms with Gasteiger partial charge in [-0.1, -0.05) is 18.2 Å². The number of nitrogens with zero attached hydrogens (tertiary/aromatic N) is 2. The van der Waals surface area contributed by atoms with Crippen LogP contribution in [0.25, 0.3) is 0 Å². The van der Waals surface area contributed by atoms with Gasteiger partial charge in [0.1, 0.15) is 0 Å². The van der Waals surface area contributed by atoms with Gasteiger partial charge >= 0.3 is 0 Å². The first-order valence-electron chi connectivity index (χ1n) is 7.30. The van der Waals surface area contributed by atoms with Crippen LogP contribution in [0.15, 0.2) is 24.3 Å². The first kappa shape index (κ1) is 17.1. The van der Waals surface area contributed by atoms with Gasteiger partial charge in [-0.3, -0.25) is 14.9 Å². The zero-order chi connectivity index (χ0) is 15.7. The molecule has 0 unspecified atom stereocenters. The van der Waals surface area contributed by atoms with E-state index in [1.54, 1.807) is 23.1 Å². The van der Waals surface area contributed by atoms with Crippen LogP contribution in [0.4, 0.5) is 5.69 Å². The molecule has 0 bridgehead atoms. The lowest BCUT2D eigenvalue weighted by molar-refractivity contribution is -0.385. The lowest BCUT2D eigenvalue weighted by Gasteiger charge is -2.18. The summed E-state index contributed by atoms with van der Waals surface area (Å²) < 4.78 is 0. The summed E-state index contributed by atoms with van der Waals surface area (Å²) in [6, 6.07) is 6.74. The van der Waals surface area contributed by atoms with Crippen molar-refractivity contribution in [3.63, 3.8) is 0 Å². The van der Waals surface area contributed by atoms with E-state index in [1.165, 1.54) is 6.07 Å². The fourth-order valence-electron chi connectivity index (χ4n) is 2.18. The zero-order valence-corrected chi connectivity index (χ0v) is 12.7. The summed E-state index contributed by atoms with van der Waals surface area (Å²) in [4.78, 5) is 24.1. The van der Waals surface area contributed by atoms with E-state index in [0.29, 0.717) is 31.5 Å². The quantitative estimate of drug-likeness (QED) is 0.429. The number of para-hydroxylation sites is 1. The first-order chi connectivity index (χ1) is 10.1. The number of amides is 1. The average Bonchev–Trinajstić information content (AvgIpc) is 2.48. The molecule has 0 aliphatic heterocycles. The summed E-state index contributed by atoms with van der Waals surface area (Å²) in [5.41, 5.74) is 0.864. The molecule has 0 saturated heterocycles. The number of carbonyl (C=O) groups excluding carboxylic acids is 1. The normalized spacial score (nSPS) is 10.4.